The first-order valence-electron chi connectivity index (χ1n) is 35.2. The van der Waals surface area contributed by atoms with Crippen LogP contribution in [0.1, 0.15) is 355 Å². The molecule has 0 aliphatic heterocycles. The molecule has 0 atom stereocenters. The SMILES string of the molecule is CCCCCCCCCCCCCCCCCCOc1cc(C(=O)N(C)CCOc2ccc(C(=O)O)c(CN=[N+]=[N-])c2)cc(OCCCCCCCCCCCCCCCCCC)c1OCCCCCCCCCCCCCCCCCC. The number of carboxylic acids is 1. The van der Waals surface area contributed by atoms with Gasteiger partial charge in [0, 0.05) is 17.5 Å². The molecule has 83 heavy (non-hydrogen) atoms. The van der Waals surface area contributed by atoms with Crippen molar-refractivity contribution in [3.05, 3.63) is 57.5 Å². The van der Waals surface area contributed by atoms with Gasteiger partial charge in [0.05, 0.1) is 38.5 Å². The van der Waals surface area contributed by atoms with Crippen LogP contribution in [0.3, 0.4) is 0 Å². The number of rotatable bonds is 62. The molecule has 0 heterocycles. The molecule has 2 aromatic rings. The average Bonchev–Trinajstić information content (AvgIpc) is 3.69. The third-order valence-corrected chi connectivity index (χ3v) is 16.7. The lowest BCUT2D eigenvalue weighted by atomic mass is 10.0. The van der Waals surface area contributed by atoms with Gasteiger partial charge in [-0.15, -0.1) is 0 Å². The molecule has 0 fully saturated rings. The Balaban J connectivity index is 2.07. The van der Waals surface area contributed by atoms with Gasteiger partial charge < -0.3 is 29.0 Å². The number of amides is 1. The molecule has 11 heteroatoms. The topological polar surface area (TPSA) is 143 Å². The summed E-state index contributed by atoms with van der Waals surface area (Å²) >= 11 is 0. The van der Waals surface area contributed by atoms with Gasteiger partial charge in [-0.2, -0.15) is 0 Å². The minimum atomic E-state index is -1.11. The lowest BCUT2D eigenvalue weighted by Crippen LogP contribution is -2.31. The molecule has 2 aromatic carbocycles. The van der Waals surface area contributed by atoms with Crippen molar-refractivity contribution in [2.45, 2.75) is 336 Å². The zero-order valence-corrected chi connectivity index (χ0v) is 54.3. The van der Waals surface area contributed by atoms with Crippen molar-refractivity contribution < 1.29 is 33.6 Å². The Morgan fingerprint density at radius 1 is 0.434 bits per heavy atom. The number of carbonyl (C=O) groups excluding carboxylic acids is 1. The number of carbonyl (C=O) groups is 2. The van der Waals surface area contributed by atoms with Gasteiger partial charge in [0.25, 0.3) is 5.91 Å². The molecule has 0 aliphatic carbocycles. The second-order valence-electron chi connectivity index (χ2n) is 24.3. The minimum absolute atomic E-state index is 0.0511. The van der Waals surface area contributed by atoms with Crippen molar-refractivity contribution in [3.8, 4) is 23.0 Å². The van der Waals surface area contributed by atoms with Gasteiger partial charge in [-0.3, -0.25) is 4.79 Å². The van der Waals surface area contributed by atoms with E-state index in [9.17, 15) is 14.7 Å². The third-order valence-electron chi connectivity index (χ3n) is 16.7. The summed E-state index contributed by atoms with van der Waals surface area (Å²) in [6.45, 7) is 8.83. The maximum absolute atomic E-state index is 14.3. The Morgan fingerprint density at radius 3 is 1.06 bits per heavy atom. The van der Waals surface area contributed by atoms with Crippen LogP contribution in [-0.4, -0.2) is 61.9 Å². The minimum Gasteiger partial charge on any atom is -0.492 e. The number of benzene rings is 2. The predicted molar refractivity (Wildman–Crippen MR) is 350 cm³/mol. The summed E-state index contributed by atoms with van der Waals surface area (Å²) in [5.74, 6) is 0.852. The number of nitrogens with zero attached hydrogens (tertiary/aromatic N) is 4. The summed E-state index contributed by atoms with van der Waals surface area (Å²) < 4.78 is 25.9. The Labute approximate surface area is 509 Å². The molecule has 0 bridgehead atoms. The van der Waals surface area contributed by atoms with E-state index in [4.69, 9.17) is 24.5 Å². The second kappa shape index (κ2) is 55.7. The van der Waals surface area contributed by atoms with Gasteiger partial charge in [-0.25, -0.2) is 4.79 Å². The van der Waals surface area contributed by atoms with Crippen LogP contribution in [0.15, 0.2) is 35.4 Å². The molecule has 476 valence electrons. The van der Waals surface area contributed by atoms with Gasteiger partial charge in [-0.05, 0) is 60.7 Å². The number of hydrogen-bond acceptors (Lipinski definition) is 7. The fourth-order valence-corrected chi connectivity index (χ4v) is 11.3. The standard InChI is InChI=1S/C72H126N4O7/c1-5-8-11-14-17-20-23-26-29-32-35-38-41-44-47-50-56-81-68-61-64(71(77)76(4)55-59-80-66-53-54-67(72(78)79)65(60-66)63-74-75-73)62-69(82-57-51-48-45-42-39-36-33-30-27-24-21-18-15-12-9-6-2)70(68)83-58-52-49-46-43-40-37-34-31-28-25-22-19-16-13-10-7-3/h53-54,60-62H,5-52,55-59,63H2,1-4H3,(H,78,79). The van der Waals surface area contributed by atoms with Gasteiger partial charge in [-0.1, -0.05) is 315 Å². The molecule has 0 saturated heterocycles. The van der Waals surface area contributed by atoms with Crippen molar-refractivity contribution in [1.82, 2.24) is 4.90 Å². The second-order valence-corrected chi connectivity index (χ2v) is 24.3. The summed E-state index contributed by atoms with van der Waals surface area (Å²) in [5, 5.41) is 13.2. The van der Waals surface area contributed by atoms with Crippen LogP contribution in [0.4, 0.5) is 0 Å². The highest BCUT2D eigenvalue weighted by atomic mass is 16.5. The van der Waals surface area contributed by atoms with E-state index in [1.165, 1.54) is 276 Å². The van der Waals surface area contributed by atoms with Crippen LogP contribution in [0.25, 0.3) is 10.4 Å². The van der Waals surface area contributed by atoms with E-state index in [0.29, 0.717) is 53.9 Å². The molecule has 0 saturated carbocycles. The van der Waals surface area contributed by atoms with Gasteiger partial charge in [0.2, 0.25) is 5.75 Å². The summed E-state index contributed by atoms with van der Waals surface area (Å²) in [5.41, 5.74) is 9.74. The average molecular weight is 1160 g/mol. The summed E-state index contributed by atoms with van der Waals surface area (Å²) in [7, 11) is 1.75. The summed E-state index contributed by atoms with van der Waals surface area (Å²) in [6.07, 6.45) is 62.9. The lowest BCUT2D eigenvalue weighted by Gasteiger charge is -2.21. The first-order valence-corrected chi connectivity index (χ1v) is 35.2. The van der Waals surface area contributed by atoms with Crippen molar-refractivity contribution in [2.24, 2.45) is 5.11 Å². The highest BCUT2D eigenvalue weighted by molar-refractivity contribution is 5.95. The highest BCUT2D eigenvalue weighted by Crippen LogP contribution is 2.40. The van der Waals surface area contributed by atoms with E-state index in [0.717, 1.165) is 38.5 Å². The predicted octanol–water partition coefficient (Wildman–Crippen LogP) is 23.3. The van der Waals surface area contributed by atoms with Crippen molar-refractivity contribution in [1.29, 1.82) is 0 Å². The number of azide groups is 1. The molecule has 11 nitrogen and oxygen atoms in total. The Bertz CT molecular complexity index is 1830. The smallest absolute Gasteiger partial charge is 0.335 e. The maximum atomic E-state index is 14.3. The van der Waals surface area contributed by atoms with E-state index < -0.39 is 5.97 Å². The first kappa shape index (κ1) is 75.0. The molecule has 1 N–H and O–H groups in total. The van der Waals surface area contributed by atoms with Gasteiger partial charge in [0.1, 0.15) is 12.4 Å². The third kappa shape index (κ3) is 41.6. The van der Waals surface area contributed by atoms with Crippen molar-refractivity contribution in [2.75, 3.05) is 40.0 Å². The van der Waals surface area contributed by atoms with Crippen LogP contribution in [0.2, 0.25) is 0 Å². The molecular weight excluding hydrogens is 1030 g/mol. The zero-order chi connectivity index (χ0) is 59.7. The molecule has 1 amide bonds. The van der Waals surface area contributed by atoms with Crippen LogP contribution in [0.5, 0.6) is 23.0 Å². The maximum Gasteiger partial charge on any atom is 0.335 e. The molecule has 0 aromatic heterocycles. The Hall–Kier alpha value is -4.11. The summed E-state index contributed by atoms with van der Waals surface area (Å²) in [6, 6.07) is 8.27. The van der Waals surface area contributed by atoms with Crippen LogP contribution in [-0.2, 0) is 6.54 Å². The number of aromatic carboxylic acids is 1. The number of ether oxygens (including phenoxy) is 4. The van der Waals surface area contributed by atoms with Crippen molar-refractivity contribution in [3.63, 3.8) is 0 Å². The number of carboxylic acid groups (broad SMARTS) is 1. The van der Waals surface area contributed by atoms with E-state index in [2.05, 4.69) is 30.8 Å². The monoisotopic (exact) mass is 1160 g/mol. The number of unbranched alkanes of at least 4 members (excludes halogenated alkanes) is 45. The van der Waals surface area contributed by atoms with Gasteiger partial charge >= 0.3 is 5.97 Å². The molecular formula is C72H126N4O7. The van der Waals surface area contributed by atoms with E-state index in [-0.39, 0.29) is 31.2 Å². The molecule has 2 rings (SSSR count). The molecule has 0 aliphatic rings. The first-order chi connectivity index (χ1) is 40.9. The fraction of sp³-hybridized carbons (Fsp3) is 0.806. The fourth-order valence-electron chi connectivity index (χ4n) is 11.3. The lowest BCUT2D eigenvalue weighted by molar-refractivity contribution is 0.0694. The van der Waals surface area contributed by atoms with E-state index in [1.807, 2.05) is 12.1 Å². The zero-order valence-electron chi connectivity index (χ0n) is 54.3. The van der Waals surface area contributed by atoms with Crippen LogP contribution in [0, 0.1) is 0 Å². The van der Waals surface area contributed by atoms with Crippen LogP contribution >= 0.6 is 0 Å². The van der Waals surface area contributed by atoms with Crippen molar-refractivity contribution >= 4 is 11.9 Å². The van der Waals surface area contributed by atoms with Crippen LogP contribution < -0.4 is 18.9 Å². The quantitative estimate of drug-likeness (QED) is 0.0301. The Morgan fingerprint density at radius 2 is 0.747 bits per heavy atom. The normalized spacial score (nSPS) is 11.2. The van der Waals surface area contributed by atoms with E-state index >= 15 is 0 Å². The molecule has 0 radical (unpaired) electrons. The highest BCUT2D eigenvalue weighted by Gasteiger charge is 2.22. The number of likely N-dealkylation sites (N-methyl/N-ethyl adjacent to an activating group) is 1. The molecule has 0 unspecified atom stereocenters. The Kier molecular flexibility index (Phi) is 50.4. The number of hydrogen-bond donors (Lipinski definition) is 1. The molecule has 0 spiro atoms. The largest absolute Gasteiger partial charge is 0.492 e. The van der Waals surface area contributed by atoms with E-state index in [1.54, 1.807) is 24.1 Å². The van der Waals surface area contributed by atoms with Gasteiger partial charge in [0.15, 0.2) is 11.5 Å². The summed E-state index contributed by atoms with van der Waals surface area (Å²) in [4.78, 5) is 30.5.